The van der Waals surface area contributed by atoms with Crippen molar-refractivity contribution in [2.45, 2.75) is 32.6 Å². The molecule has 0 fully saturated rings. The van der Waals surface area contributed by atoms with E-state index in [0.29, 0.717) is 12.0 Å². The molecule has 0 heterocycles. The molecular weight excluding hydrogens is 184 g/mol. The summed E-state index contributed by atoms with van der Waals surface area (Å²) in [6.07, 6.45) is 0.363. The Kier molecular flexibility index (Phi) is 3.12. The van der Waals surface area contributed by atoms with Crippen molar-refractivity contribution in [2.75, 3.05) is 0 Å². The molecule has 2 heteroatoms. The summed E-state index contributed by atoms with van der Waals surface area (Å²) in [7, 11) is 0. The summed E-state index contributed by atoms with van der Waals surface area (Å²) in [5.74, 6) is 0. The molecule has 15 heavy (non-hydrogen) atoms. The lowest BCUT2D eigenvalue weighted by Crippen LogP contribution is -2.14. The van der Waals surface area contributed by atoms with E-state index in [-0.39, 0.29) is 5.41 Å². The molecule has 0 aromatic heterocycles. The summed E-state index contributed by atoms with van der Waals surface area (Å²) in [5, 5.41) is 17.5. The highest BCUT2D eigenvalue weighted by Gasteiger charge is 2.17. The first kappa shape index (κ1) is 11.3. The maximum Gasteiger partial charge on any atom is 0.0991 e. The second kappa shape index (κ2) is 4.15. The van der Waals surface area contributed by atoms with E-state index in [9.17, 15) is 0 Å². The summed E-state index contributed by atoms with van der Waals surface area (Å²) in [6.45, 7) is 6.32. The lowest BCUT2D eigenvalue weighted by molar-refractivity contribution is 0.584. The molecule has 0 bridgehead atoms. The van der Waals surface area contributed by atoms with E-state index >= 15 is 0 Å². The summed E-state index contributed by atoms with van der Waals surface area (Å²) in [4.78, 5) is 0. The van der Waals surface area contributed by atoms with E-state index in [1.807, 2.05) is 18.2 Å². The Morgan fingerprint density at radius 1 is 1.20 bits per heavy atom. The molecule has 0 N–H and O–H groups in total. The Labute approximate surface area is 90.8 Å². The lowest BCUT2D eigenvalue weighted by atomic mass is 9.82. The van der Waals surface area contributed by atoms with Gasteiger partial charge in [-0.3, -0.25) is 0 Å². The van der Waals surface area contributed by atoms with Gasteiger partial charge < -0.3 is 0 Å². The molecule has 0 aliphatic heterocycles. The van der Waals surface area contributed by atoms with Crippen LogP contribution in [0.4, 0.5) is 0 Å². The van der Waals surface area contributed by atoms with E-state index in [0.717, 1.165) is 11.1 Å². The summed E-state index contributed by atoms with van der Waals surface area (Å²) in [6, 6.07) is 9.80. The van der Waals surface area contributed by atoms with Gasteiger partial charge >= 0.3 is 0 Å². The van der Waals surface area contributed by atoms with Crippen LogP contribution >= 0.6 is 0 Å². The minimum Gasteiger partial charge on any atom is -0.198 e. The molecule has 2 nitrogen and oxygen atoms in total. The van der Waals surface area contributed by atoms with Gasteiger partial charge in [-0.25, -0.2) is 0 Å². The first-order valence-electron chi connectivity index (χ1n) is 4.89. The zero-order valence-electron chi connectivity index (χ0n) is 9.33. The van der Waals surface area contributed by atoms with E-state index in [1.165, 1.54) is 0 Å². The number of benzene rings is 1. The van der Waals surface area contributed by atoms with Gasteiger partial charge in [-0.15, -0.1) is 0 Å². The third-order valence-electron chi connectivity index (χ3n) is 2.31. The molecule has 76 valence electrons. The Morgan fingerprint density at radius 2 is 1.87 bits per heavy atom. The molecule has 0 amide bonds. The number of nitrogens with zero attached hydrogens (tertiary/aromatic N) is 2. The van der Waals surface area contributed by atoms with Gasteiger partial charge in [0.2, 0.25) is 0 Å². The predicted molar refractivity (Wildman–Crippen MR) is 59.2 cm³/mol. The van der Waals surface area contributed by atoms with Crippen LogP contribution in [0.15, 0.2) is 18.2 Å². The van der Waals surface area contributed by atoms with Gasteiger partial charge in [0, 0.05) is 0 Å². The molecule has 0 atom stereocenters. The van der Waals surface area contributed by atoms with Crippen molar-refractivity contribution >= 4 is 0 Å². The number of nitriles is 2. The number of hydrogen-bond acceptors (Lipinski definition) is 2. The first-order chi connectivity index (χ1) is 6.99. The topological polar surface area (TPSA) is 47.6 Å². The quantitative estimate of drug-likeness (QED) is 0.696. The number of hydrogen-bond donors (Lipinski definition) is 0. The van der Waals surface area contributed by atoms with Gasteiger partial charge in [0.15, 0.2) is 0 Å². The molecule has 1 aromatic carbocycles. The molecule has 1 rings (SSSR count). The van der Waals surface area contributed by atoms with Gasteiger partial charge in [0.25, 0.3) is 0 Å². The van der Waals surface area contributed by atoms with Gasteiger partial charge in [0.1, 0.15) is 0 Å². The normalized spacial score (nSPS) is 10.5. The van der Waals surface area contributed by atoms with Crippen molar-refractivity contribution in [3.05, 3.63) is 34.9 Å². The minimum atomic E-state index is 0.0141. The van der Waals surface area contributed by atoms with E-state index in [4.69, 9.17) is 10.5 Å². The van der Waals surface area contributed by atoms with Crippen molar-refractivity contribution < 1.29 is 0 Å². The monoisotopic (exact) mass is 198 g/mol. The molecule has 0 saturated carbocycles. The molecule has 0 aliphatic rings. The van der Waals surface area contributed by atoms with Crippen LogP contribution < -0.4 is 0 Å². The zero-order valence-corrected chi connectivity index (χ0v) is 9.33. The standard InChI is InChI=1S/C13H14N2/c1-13(2,3)12-5-4-10(9-15)8-11(12)6-7-14/h4-5,8H,6H2,1-3H3. The molecule has 1 aromatic rings. The van der Waals surface area contributed by atoms with Crippen LogP contribution in [-0.4, -0.2) is 0 Å². The van der Waals surface area contributed by atoms with Gasteiger partial charge in [-0.1, -0.05) is 26.8 Å². The molecule has 0 spiro atoms. The fourth-order valence-corrected chi connectivity index (χ4v) is 1.63. The van der Waals surface area contributed by atoms with Crippen LogP contribution in [-0.2, 0) is 11.8 Å². The minimum absolute atomic E-state index is 0.0141. The highest BCUT2D eigenvalue weighted by Crippen LogP contribution is 2.26. The maximum absolute atomic E-state index is 8.79. The fourth-order valence-electron chi connectivity index (χ4n) is 1.63. The van der Waals surface area contributed by atoms with Crippen molar-refractivity contribution in [1.29, 1.82) is 10.5 Å². The van der Waals surface area contributed by atoms with E-state index in [1.54, 1.807) is 0 Å². The van der Waals surface area contributed by atoms with Crippen molar-refractivity contribution in [1.82, 2.24) is 0 Å². The highest BCUT2D eigenvalue weighted by molar-refractivity contribution is 5.42. The Balaban J connectivity index is 3.30. The van der Waals surface area contributed by atoms with Crippen LogP contribution in [0.25, 0.3) is 0 Å². The van der Waals surface area contributed by atoms with Gasteiger partial charge in [-0.05, 0) is 28.7 Å². The van der Waals surface area contributed by atoms with Crippen LogP contribution in [0.3, 0.4) is 0 Å². The second-order valence-corrected chi connectivity index (χ2v) is 4.57. The SMILES string of the molecule is CC(C)(C)c1ccc(C#N)cc1CC#N. The van der Waals surface area contributed by atoms with Crippen LogP contribution in [0, 0.1) is 22.7 Å². The van der Waals surface area contributed by atoms with Crippen molar-refractivity contribution in [3.63, 3.8) is 0 Å². The Morgan fingerprint density at radius 3 is 2.33 bits per heavy atom. The van der Waals surface area contributed by atoms with E-state index < -0.39 is 0 Å². The molecule has 0 aliphatic carbocycles. The third-order valence-corrected chi connectivity index (χ3v) is 2.31. The van der Waals surface area contributed by atoms with Crippen LogP contribution in [0.2, 0.25) is 0 Å². The summed E-state index contributed by atoms with van der Waals surface area (Å²) < 4.78 is 0. The molecule has 0 unspecified atom stereocenters. The maximum atomic E-state index is 8.79. The van der Waals surface area contributed by atoms with Crippen LogP contribution in [0.1, 0.15) is 37.5 Å². The van der Waals surface area contributed by atoms with Crippen LogP contribution in [0.5, 0.6) is 0 Å². The number of rotatable bonds is 1. The van der Waals surface area contributed by atoms with Gasteiger partial charge in [-0.2, -0.15) is 10.5 Å². The predicted octanol–water partition coefficient (Wildman–Crippen LogP) is 2.92. The zero-order chi connectivity index (χ0) is 11.5. The molecule has 0 saturated heterocycles. The highest BCUT2D eigenvalue weighted by atomic mass is 14.3. The largest absolute Gasteiger partial charge is 0.198 e. The summed E-state index contributed by atoms with van der Waals surface area (Å²) in [5.41, 5.74) is 2.74. The average Bonchev–Trinajstić information content (AvgIpc) is 2.16. The van der Waals surface area contributed by atoms with E-state index in [2.05, 4.69) is 32.9 Å². The molecular formula is C13H14N2. The lowest BCUT2D eigenvalue weighted by Gasteiger charge is -2.22. The third kappa shape index (κ3) is 2.58. The molecule has 0 radical (unpaired) electrons. The fraction of sp³-hybridized carbons (Fsp3) is 0.385. The Bertz CT molecular complexity index is 439. The summed E-state index contributed by atoms with van der Waals surface area (Å²) >= 11 is 0. The van der Waals surface area contributed by atoms with Crippen molar-refractivity contribution in [3.8, 4) is 12.1 Å². The second-order valence-electron chi connectivity index (χ2n) is 4.57. The van der Waals surface area contributed by atoms with Gasteiger partial charge in [0.05, 0.1) is 24.1 Å². The van der Waals surface area contributed by atoms with Crippen molar-refractivity contribution in [2.24, 2.45) is 0 Å². The first-order valence-corrected chi connectivity index (χ1v) is 4.89. The smallest absolute Gasteiger partial charge is 0.0991 e. The average molecular weight is 198 g/mol. The Hall–Kier alpha value is -1.80.